The second-order valence-corrected chi connectivity index (χ2v) is 5.79. The average molecular weight is 309 g/mol. The first-order valence-corrected chi connectivity index (χ1v) is 7.71. The molecule has 4 nitrogen and oxygen atoms in total. The number of benzene rings is 1. The van der Waals surface area contributed by atoms with Crippen LogP contribution in [0.2, 0.25) is 5.02 Å². The van der Waals surface area contributed by atoms with Crippen LogP contribution in [0.15, 0.2) is 29.4 Å². The van der Waals surface area contributed by atoms with E-state index >= 15 is 0 Å². The second kappa shape index (κ2) is 8.03. The second-order valence-electron chi connectivity index (χ2n) is 5.36. The molecule has 1 aromatic carbocycles. The van der Waals surface area contributed by atoms with Crippen LogP contribution in [0.4, 0.5) is 0 Å². The summed E-state index contributed by atoms with van der Waals surface area (Å²) in [6.45, 7) is -0.0168. The molecule has 0 bridgehead atoms. The van der Waals surface area contributed by atoms with E-state index in [1.807, 2.05) is 19.2 Å². The molecule has 5 heteroatoms. The average Bonchev–Trinajstić information content (AvgIpc) is 2.53. The number of rotatable bonds is 5. The first kappa shape index (κ1) is 15.8. The summed E-state index contributed by atoms with van der Waals surface area (Å²) in [7, 11) is 1.85. The Balaban J connectivity index is 1.74. The molecule has 0 heterocycles. The summed E-state index contributed by atoms with van der Waals surface area (Å²) in [5, 5.41) is 4.50. The van der Waals surface area contributed by atoms with Gasteiger partial charge in [-0.1, -0.05) is 48.2 Å². The van der Waals surface area contributed by atoms with Crippen LogP contribution in [-0.4, -0.2) is 36.7 Å². The lowest BCUT2D eigenvalue weighted by molar-refractivity contribution is -0.137. The van der Waals surface area contributed by atoms with Gasteiger partial charge in [0.2, 0.25) is 0 Å². The highest BCUT2D eigenvalue weighted by atomic mass is 35.5. The summed E-state index contributed by atoms with van der Waals surface area (Å²) in [5.74, 6) is -0.0184. The molecule has 0 radical (unpaired) electrons. The number of carbonyl (C=O) groups is 1. The summed E-state index contributed by atoms with van der Waals surface area (Å²) in [6.07, 6.45) is 7.45. The monoisotopic (exact) mass is 308 g/mol. The van der Waals surface area contributed by atoms with E-state index in [1.54, 1.807) is 23.2 Å². The minimum atomic E-state index is -0.0184. The molecular weight excluding hydrogens is 288 g/mol. The molecule has 0 aliphatic heterocycles. The highest BCUT2D eigenvalue weighted by molar-refractivity contribution is 6.30. The van der Waals surface area contributed by atoms with E-state index in [9.17, 15) is 4.79 Å². The molecule has 0 N–H and O–H groups in total. The lowest BCUT2D eigenvalue weighted by atomic mass is 9.94. The molecule has 2 rings (SSSR count). The van der Waals surface area contributed by atoms with Crippen LogP contribution in [0.25, 0.3) is 0 Å². The van der Waals surface area contributed by atoms with E-state index in [4.69, 9.17) is 16.4 Å². The predicted molar refractivity (Wildman–Crippen MR) is 84.6 cm³/mol. The van der Waals surface area contributed by atoms with Crippen LogP contribution in [0, 0.1) is 0 Å². The fraction of sp³-hybridized carbons (Fsp3) is 0.500. The maximum Gasteiger partial charge on any atom is 0.263 e. The van der Waals surface area contributed by atoms with Crippen molar-refractivity contribution in [3.63, 3.8) is 0 Å². The van der Waals surface area contributed by atoms with E-state index in [1.165, 1.54) is 19.3 Å². The third-order valence-corrected chi connectivity index (χ3v) is 4.10. The third kappa shape index (κ3) is 5.05. The highest BCUT2D eigenvalue weighted by Crippen LogP contribution is 2.21. The molecular formula is C16H21ClN2O2. The fourth-order valence-electron chi connectivity index (χ4n) is 2.51. The predicted octanol–water partition coefficient (Wildman–Crippen LogP) is 3.48. The zero-order valence-electron chi connectivity index (χ0n) is 12.3. The smallest absolute Gasteiger partial charge is 0.263 e. The van der Waals surface area contributed by atoms with Gasteiger partial charge >= 0.3 is 0 Å². The Kier molecular flexibility index (Phi) is 6.05. The van der Waals surface area contributed by atoms with Crippen molar-refractivity contribution in [1.29, 1.82) is 0 Å². The molecule has 0 spiro atoms. The van der Waals surface area contributed by atoms with Gasteiger partial charge in [-0.05, 0) is 30.5 Å². The van der Waals surface area contributed by atoms with Gasteiger partial charge in [0.15, 0.2) is 6.61 Å². The van der Waals surface area contributed by atoms with Gasteiger partial charge in [0, 0.05) is 18.1 Å². The Morgan fingerprint density at radius 3 is 2.67 bits per heavy atom. The van der Waals surface area contributed by atoms with Gasteiger partial charge in [-0.2, -0.15) is 0 Å². The molecule has 0 atom stereocenters. The van der Waals surface area contributed by atoms with Crippen molar-refractivity contribution < 1.29 is 9.63 Å². The van der Waals surface area contributed by atoms with Gasteiger partial charge in [-0.25, -0.2) is 0 Å². The number of halogens is 1. The van der Waals surface area contributed by atoms with Crippen molar-refractivity contribution in [1.82, 2.24) is 4.90 Å². The van der Waals surface area contributed by atoms with Gasteiger partial charge < -0.3 is 9.74 Å². The molecule has 1 aliphatic rings. The molecule has 0 aromatic heterocycles. The molecule has 114 valence electrons. The van der Waals surface area contributed by atoms with Crippen LogP contribution in [-0.2, 0) is 9.63 Å². The quantitative estimate of drug-likeness (QED) is 0.617. The highest BCUT2D eigenvalue weighted by Gasteiger charge is 2.22. The Hall–Kier alpha value is -1.55. The number of hydrogen-bond acceptors (Lipinski definition) is 3. The van der Waals surface area contributed by atoms with Crippen LogP contribution in [0.3, 0.4) is 0 Å². The molecule has 1 amide bonds. The minimum Gasteiger partial charge on any atom is -0.386 e. The van der Waals surface area contributed by atoms with Crippen molar-refractivity contribution in [2.45, 2.75) is 38.1 Å². The zero-order valence-corrected chi connectivity index (χ0v) is 13.1. The zero-order chi connectivity index (χ0) is 15.1. The van der Waals surface area contributed by atoms with E-state index in [2.05, 4.69) is 5.16 Å². The Labute approximate surface area is 130 Å². The van der Waals surface area contributed by atoms with E-state index in [-0.39, 0.29) is 12.5 Å². The number of nitrogens with zero attached hydrogens (tertiary/aromatic N) is 2. The maximum absolute atomic E-state index is 12.0. The Morgan fingerprint density at radius 1 is 1.33 bits per heavy atom. The van der Waals surface area contributed by atoms with Gasteiger partial charge in [0.25, 0.3) is 5.91 Å². The Bertz CT molecular complexity index is 482. The van der Waals surface area contributed by atoms with Crippen LogP contribution in [0.5, 0.6) is 0 Å². The number of hydrogen-bond donors (Lipinski definition) is 0. The number of likely N-dealkylation sites (N-methyl/N-ethyl adjacent to an activating group) is 1. The number of oxime groups is 1. The first-order chi connectivity index (χ1) is 10.2. The largest absolute Gasteiger partial charge is 0.386 e. The SMILES string of the molecule is CN(C(=O)CO/N=C/c1ccc(Cl)cc1)C1CCCCC1. The molecule has 1 fully saturated rings. The fourth-order valence-corrected chi connectivity index (χ4v) is 2.64. The van der Waals surface area contributed by atoms with Crippen molar-refractivity contribution in [3.8, 4) is 0 Å². The molecule has 1 aromatic rings. The van der Waals surface area contributed by atoms with Gasteiger partial charge in [0.1, 0.15) is 0 Å². The van der Waals surface area contributed by atoms with Gasteiger partial charge in [0.05, 0.1) is 6.21 Å². The van der Waals surface area contributed by atoms with Crippen molar-refractivity contribution in [2.75, 3.05) is 13.7 Å². The molecule has 1 aliphatic carbocycles. The lowest BCUT2D eigenvalue weighted by Gasteiger charge is -2.30. The normalized spacial score (nSPS) is 16.1. The maximum atomic E-state index is 12.0. The summed E-state index contributed by atoms with van der Waals surface area (Å²) < 4.78 is 0. The van der Waals surface area contributed by atoms with E-state index in [0.29, 0.717) is 11.1 Å². The summed E-state index contributed by atoms with van der Waals surface area (Å²) >= 11 is 5.80. The van der Waals surface area contributed by atoms with Crippen molar-refractivity contribution >= 4 is 23.7 Å². The lowest BCUT2D eigenvalue weighted by Crippen LogP contribution is -2.40. The van der Waals surface area contributed by atoms with Crippen molar-refractivity contribution in [2.24, 2.45) is 5.16 Å². The first-order valence-electron chi connectivity index (χ1n) is 7.33. The van der Waals surface area contributed by atoms with Crippen LogP contribution >= 0.6 is 11.6 Å². The minimum absolute atomic E-state index is 0.0168. The molecule has 0 unspecified atom stereocenters. The summed E-state index contributed by atoms with van der Waals surface area (Å²) in [5.41, 5.74) is 0.882. The standard InChI is InChI=1S/C16H21ClN2O2/c1-19(15-5-3-2-4-6-15)16(20)12-21-18-11-13-7-9-14(17)10-8-13/h7-11,15H,2-6,12H2,1H3/b18-11+. The summed E-state index contributed by atoms with van der Waals surface area (Å²) in [6, 6.07) is 7.60. The Morgan fingerprint density at radius 2 is 2.00 bits per heavy atom. The van der Waals surface area contributed by atoms with Crippen molar-refractivity contribution in [3.05, 3.63) is 34.9 Å². The van der Waals surface area contributed by atoms with Gasteiger partial charge in [-0.15, -0.1) is 0 Å². The van der Waals surface area contributed by atoms with Crippen LogP contribution < -0.4 is 0 Å². The van der Waals surface area contributed by atoms with E-state index in [0.717, 1.165) is 18.4 Å². The molecule has 21 heavy (non-hydrogen) atoms. The third-order valence-electron chi connectivity index (χ3n) is 3.85. The number of amides is 1. The van der Waals surface area contributed by atoms with E-state index < -0.39 is 0 Å². The number of carbonyl (C=O) groups excluding carboxylic acids is 1. The van der Waals surface area contributed by atoms with Gasteiger partial charge in [-0.3, -0.25) is 4.79 Å². The molecule has 0 saturated heterocycles. The topological polar surface area (TPSA) is 41.9 Å². The molecule has 1 saturated carbocycles. The summed E-state index contributed by atoms with van der Waals surface area (Å²) in [4.78, 5) is 18.9. The van der Waals surface area contributed by atoms with Crippen LogP contribution in [0.1, 0.15) is 37.7 Å².